The molecule has 3 saturated heterocycles. The first-order chi connectivity index (χ1) is 24.0. The lowest BCUT2D eigenvalue weighted by Crippen LogP contribution is -2.65. The fourth-order valence-electron chi connectivity index (χ4n) is 13.9. The fourth-order valence-corrected chi connectivity index (χ4v) is 13.9. The van der Waals surface area contributed by atoms with Crippen molar-refractivity contribution >= 4 is 0 Å². The molecule has 8 aliphatic rings. The lowest BCUT2D eigenvalue weighted by atomic mass is 9.41. The minimum Gasteiger partial charge on any atom is -0.394 e. The van der Waals surface area contributed by atoms with Crippen molar-refractivity contribution < 1.29 is 64.2 Å². The normalized spacial score (nSPS) is 60.3. The van der Waals surface area contributed by atoms with E-state index in [0.717, 1.165) is 44.9 Å². The molecule has 0 bridgehead atoms. The van der Waals surface area contributed by atoms with E-state index in [9.17, 15) is 35.7 Å². The van der Waals surface area contributed by atoms with Crippen LogP contribution in [-0.4, -0.2) is 136 Å². The molecule has 5 aliphatic carbocycles. The van der Waals surface area contributed by atoms with Gasteiger partial charge in [-0.15, -0.1) is 0 Å². The summed E-state index contributed by atoms with van der Waals surface area (Å²) in [5.74, 6) is 0.837. The Morgan fingerprint density at radius 2 is 1.47 bits per heavy atom. The summed E-state index contributed by atoms with van der Waals surface area (Å²) >= 11 is 0. The van der Waals surface area contributed by atoms with Crippen LogP contribution in [0.15, 0.2) is 0 Å². The highest BCUT2D eigenvalue weighted by Crippen LogP contribution is 2.89. The van der Waals surface area contributed by atoms with Gasteiger partial charge in [-0.2, -0.15) is 0 Å². The van der Waals surface area contributed by atoms with Crippen molar-refractivity contribution in [1.82, 2.24) is 0 Å². The Kier molecular flexibility index (Phi) is 9.16. The van der Waals surface area contributed by atoms with Crippen molar-refractivity contribution in [3.05, 3.63) is 0 Å². The second-order valence-corrected chi connectivity index (χ2v) is 19.0. The van der Waals surface area contributed by atoms with Crippen molar-refractivity contribution in [2.45, 2.75) is 166 Å². The van der Waals surface area contributed by atoms with Crippen LogP contribution in [0.2, 0.25) is 0 Å². The highest BCUT2D eigenvalue weighted by molar-refractivity contribution is 5.33. The van der Waals surface area contributed by atoms with Gasteiger partial charge in [-0.3, -0.25) is 0 Å². The van der Waals surface area contributed by atoms with Gasteiger partial charge in [-0.05, 0) is 96.2 Å². The standard InChI is InChI=1S/C38H62O13/c1-17-11-18-21(49-31(17)46-6)13-36(5)30-20(48-33-29(45)27(43)26(42)22(14-39)50-33)12-23-34(2,3)24(51-32-28(44)25(41)19(40)15-47-32)7-8-37(23)16-38(30,37)10-9-35(18,36)4/h17-33,39-45H,7-16H2,1-6H3/t17?,18?,19-,20?,21?,22-,23?,24?,25+,26-,27+,28-,29-,30?,31?,32+,33-,35-,36?,37+,38-/m1/s1. The predicted octanol–water partition coefficient (Wildman–Crippen LogP) is 1.05. The van der Waals surface area contributed by atoms with E-state index in [2.05, 4.69) is 34.6 Å². The zero-order valence-corrected chi connectivity index (χ0v) is 31.0. The van der Waals surface area contributed by atoms with E-state index in [4.69, 9.17) is 28.4 Å². The second-order valence-electron chi connectivity index (χ2n) is 19.0. The molecule has 0 aromatic rings. The molecule has 3 aliphatic heterocycles. The lowest BCUT2D eigenvalue weighted by molar-refractivity contribution is -0.335. The number of rotatable bonds is 6. The molecule has 0 radical (unpaired) electrons. The maximum absolute atomic E-state index is 11.2. The SMILES string of the molecule is COC1OC2CC3(C)C4C(O[C@@H]5O[C@H](CO)[C@@H](O)[C@H](O)[C@H]5O)CC5C(C)(C)C(O[C@@H]6OC[C@@H](O)[C@H](O)[C@H]6O)CC[C@]56C[C@]46CC[C@]3(C)C2CC1C. The first kappa shape index (κ1) is 37.4. The molecule has 13 heteroatoms. The molecule has 2 spiro atoms. The molecule has 8 fully saturated rings. The Morgan fingerprint density at radius 3 is 2.18 bits per heavy atom. The zero-order chi connectivity index (χ0) is 36.6. The molecule has 5 saturated carbocycles. The van der Waals surface area contributed by atoms with Crippen molar-refractivity contribution in [2.75, 3.05) is 20.3 Å². The minimum absolute atomic E-state index is 0.0271. The van der Waals surface area contributed by atoms with E-state index >= 15 is 0 Å². The van der Waals surface area contributed by atoms with Gasteiger partial charge in [0.1, 0.15) is 42.7 Å². The first-order valence-corrected chi connectivity index (χ1v) is 19.4. The molecule has 0 amide bonds. The van der Waals surface area contributed by atoms with Gasteiger partial charge in [0, 0.05) is 13.0 Å². The van der Waals surface area contributed by atoms with Gasteiger partial charge in [0.05, 0.1) is 31.5 Å². The Hall–Kier alpha value is -0.520. The van der Waals surface area contributed by atoms with Gasteiger partial charge in [0.15, 0.2) is 18.9 Å². The fraction of sp³-hybridized carbons (Fsp3) is 1.00. The van der Waals surface area contributed by atoms with Gasteiger partial charge >= 0.3 is 0 Å². The Labute approximate surface area is 300 Å². The third-order valence-electron chi connectivity index (χ3n) is 16.7. The number of methoxy groups -OCH3 is 1. The van der Waals surface area contributed by atoms with Crippen LogP contribution in [0.3, 0.4) is 0 Å². The molecule has 3 heterocycles. The van der Waals surface area contributed by atoms with Gasteiger partial charge in [0.2, 0.25) is 0 Å². The molecule has 0 aromatic carbocycles. The van der Waals surface area contributed by atoms with Gasteiger partial charge in [-0.25, -0.2) is 0 Å². The molecule has 0 aromatic heterocycles. The quantitative estimate of drug-likeness (QED) is 0.192. The van der Waals surface area contributed by atoms with Gasteiger partial charge in [-0.1, -0.05) is 34.6 Å². The van der Waals surface area contributed by atoms with Crippen molar-refractivity contribution in [1.29, 1.82) is 0 Å². The number of hydrogen-bond acceptors (Lipinski definition) is 13. The zero-order valence-electron chi connectivity index (χ0n) is 31.0. The summed E-state index contributed by atoms with van der Waals surface area (Å²) in [6.07, 6.45) is -5.37. The Morgan fingerprint density at radius 1 is 0.745 bits per heavy atom. The smallest absolute Gasteiger partial charge is 0.186 e. The average Bonchev–Trinajstić information content (AvgIpc) is 3.69. The van der Waals surface area contributed by atoms with Crippen molar-refractivity contribution in [3.63, 3.8) is 0 Å². The van der Waals surface area contributed by atoms with Crippen LogP contribution in [0.25, 0.3) is 0 Å². The van der Waals surface area contributed by atoms with E-state index < -0.39 is 67.3 Å². The van der Waals surface area contributed by atoms with Crippen LogP contribution >= 0.6 is 0 Å². The topological polar surface area (TPSA) is 197 Å². The maximum Gasteiger partial charge on any atom is 0.186 e. The molecule has 9 unspecified atom stereocenters. The molecule has 21 atom stereocenters. The number of hydrogen-bond donors (Lipinski definition) is 7. The number of fused-ring (bicyclic) bond motifs is 4. The molecule has 13 nitrogen and oxygen atoms in total. The lowest BCUT2D eigenvalue weighted by Gasteiger charge is -2.65. The Balaban J connectivity index is 1.15. The van der Waals surface area contributed by atoms with Crippen LogP contribution in [0.1, 0.15) is 86.0 Å². The molecule has 51 heavy (non-hydrogen) atoms. The molecule has 292 valence electrons. The molecule has 7 N–H and O–H groups in total. The largest absolute Gasteiger partial charge is 0.394 e. The van der Waals surface area contributed by atoms with Crippen molar-refractivity contribution in [3.8, 4) is 0 Å². The summed E-state index contributed by atoms with van der Waals surface area (Å²) in [5.41, 5.74) is -0.663. The van der Waals surface area contributed by atoms with Gasteiger partial charge in [0.25, 0.3) is 0 Å². The van der Waals surface area contributed by atoms with Crippen LogP contribution in [-0.2, 0) is 28.4 Å². The van der Waals surface area contributed by atoms with Crippen LogP contribution in [0.4, 0.5) is 0 Å². The van der Waals surface area contributed by atoms with Crippen LogP contribution < -0.4 is 0 Å². The molecular weight excluding hydrogens is 664 g/mol. The minimum atomic E-state index is -1.54. The number of aliphatic hydroxyl groups is 7. The van der Waals surface area contributed by atoms with Gasteiger partial charge < -0.3 is 64.2 Å². The summed E-state index contributed by atoms with van der Waals surface area (Å²) in [6.45, 7) is 10.9. The monoisotopic (exact) mass is 726 g/mol. The molecule has 8 rings (SSSR count). The van der Waals surface area contributed by atoms with E-state index in [-0.39, 0.29) is 70.6 Å². The summed E-state index contributed by atoms with van der Waals surface area (Å²) in [7, 11) is 1.72. The third kappa shape index (κ3) is 5.06. The highest BCUT2D eigenvalue weighted by atomic mass is 16.7. The van der Waals surface area contributed by atoms with E-state index in [1.54, 1.807) is 7.11 Å². The Bertz CT molecular complexity index is 1320. The second kappa shape index (κ2) is 12.5. The predicted molar refractivity (Wildman–Crippen MR) is 178 cm³/mol. The molecular formula is C38H62O13. The summed E-state index contributed by atoms with van der Waals surface area (Å²) in [5, 5.41) is 73.8. The number of ether oxygens (including phenoxy) is 6. The maximum atomic E-state index is 11.2. The van der Waals surface area contributed by atoms with E-state index in [1.807, 2.05) is 0 Å². The highest BCUT2D eigenvalue weighted by Gasteiger charge is 2.85. The average molecular weight is 727 g/mol. The third-order valence-corrected chi connectivity index (χ3v) is 16.7. The van der Waals surface area contributed by atoms with Crippen LogP contribution in [0, 0.1) is 50.7 Å². The first-order valence-electron chi connectivity index (χ1n) is 19.4. The van der Waals surface area contributed by atoms with E-state index in [1.165, 1.54) is 0 Å². The summed E-state index contributed by atoms with van der Waals surface area (Å²) in [4.78, 5) is 0. The van der Waals surface area contributed by atoms with Crippen molar-refractivity contribution in [2.24, 2.45) is 50.7 Å². The summed E-state index contributed by atoms with van der Waals surface area (Å²) < 4.78 is 37.7. The number of aliphatic hydroxyl groups excluding tert-OH is 7. The summed E-state index contributed by atoms with van der Waals surface area (Å²) in [6, 6.07) is 0. The van der Waals surface area contributed by atoms with E-state index in [0.29, 0.717) is 12.3 Å². The van der Waals surface area contributed by atoms with Crippen LogP contribution in [0.5, 0.6) is 0 Å².